The topological polar surface area (TPSA) is 84.6 Å². The van der Waals surface area contributed by atoms with Crippen molar-refractivity contribution in [2.45, 2.75) is 5.75 Å². The Hall–Kier alpha value is -2.38. The van der Waals surface area contributed by atoms with E-state index in [4.69, 9.17) is 11.6 Å². The second kappa shape index (κ2) is 9.05. The summed E-state index contributed by atoms with van der Waals surface area (Å²) in [7, 11) is 0. The van der Waals surface area contributed by atoms with E-state index in [0.29, 0.717) is 16.3 Å². The van der Waals surface area contributed by atoms with E-state index in [9.17, 15) is 14.9 Å². The summed E-state index contributed by atoms with van der Waals surface area (Å²) in [6, 6.07) is 13.3. The standard InChI is InChI=1S/C16H14ClN3O3S/c17-14-5-1-13(2-6-14)10-24-11-16(21)19-18-9-12-3-7-15(8-4-12)20(22)23/h1-9H,10-11H2,(H,19,21). The average molecular weight is 364 g/mol. The van der Waals surface area contributed by atoms with Gasteiger partial charge < -0.3 is 0 Å². The number of non-ortho nitro benzene ring substituents is 1. The monoisotopic (exact) mass is 363 g/mol. The van der Waals surface area contributed by atoms with Gasteiger partial charge in [0.25, 0.3) is 5.69 Å². The van der Waals surface area contributed by atoms with Crippen LogP contribution in [0, 0.1) is 10.1 Å². The molecule has 2 aromatic carbocycles. The van der Waals surface area contributed by atoms with Crippen LogP contribution in [0.3, 0.4) is 0 Å². The first-order valence-corrected chi connectivity index (χ1v) is 8.46. The minimum atomic E-state index is -0.472. The summed E-state index contributed by atoms with van der Waals surface area (Å²) in [5, 5.41) is 15.1. The van der Waals surface area contributed by atoms with Crippen LogP contribution in [0.5, 0.6) is 0 Å². The van der Waals surface area contributed by atoms with Crippen molar-refractivity contribution in [3.63, 3.8) is 0 Å². The van der Waals surface area contributed by atoms with Crippen molar-refractivity contribution < 1.29 is 9.72 Å². The number of nitrogens with zero attached hydrogens (tertiary/aromatic N) is 2. The molecule has 0 atom stereocenters. The molecule has 0 aliphatic heterocycles. The first kappa shape index (κ1) is 18.0. The van der Waals surface area contributed by atoms with Crippen molar-refractivity contribution in [2.75, 3.05) is 5.75 Å². The predicted octanol–water partition coefficient (Wildman–Crippen LogP) is 3.63. The number of nitrogens with one attached hydrogen (secondary N) is 1. The highest BCUT2D eigenvalue weighted by molar-refractivity contribution is 7.99. The lowest BCUT2D eigenvalue weighted by Gasteiger charge is -2.01. The van der Waals surface area contributed by atoms with Gasteiger partial charge in [-0.1, -0.05) is 23.7 Å². The van der Waals surface area contributed by atoms with Crippen LogP contribution in [-0.2, 0) is 10.5 Å². The number of halogens is 1. The maximum absolute atomic E-state index is 11.7. The average Bonchev–Trinajstić information content (AvgIpc) is 2.57. The summed E-state index contributed by atoms with van der Waals surface area (Å²) in [6.07, 6.45) is 1.44. The molecule has 6 nitrogen and oxygen atoms in total. The molecule has 2 aromatic rings. The molecular formula is C16H14ClN3O3S. The molecule has 8 heteroatoms. The number of carbonyl (C=O) groups is 1. The van der Waals surface area contributed by atoms with Crippen molar-refractivity contribution in [2.24, 2.45) is 5.10 Å². The lowest BCUT2D eigenvalue weighted by molar-refractivity contribution is -0.384. The summed E-state index contributed by atoms with van der Waals surface area (Å²) in [4.78, 5) is 21.7. The van der Waals surface area contributed by atoms with Gasteiger partial charge in [0.15, 0.2) is 0 Å². The minimum Gasteiger partial charge on any atom is -0.272 e. The number of benzene rings is 2. The summed E-state index contributed by atoms with van der Waals surface area (Å²) in [6.45, 7) is 0. The Morgan fingerprint density at radius 1 is 1.21 bits per heavy atom. The van der Waals surface area contributed by atoms with Crippen molar-refractivity contribution >= 4 is 41.2 Å². The fraction of sp³-hybridized carbons (Fsp3) is 0.125. The van der Waals surface area contributed by atoms with E-state index < -0.39 is 4.92 Å². The zero-order valence-electron chi connectivity index (χ0n) is 12.5. The molecule has 0 aliphatic carbocycles. The smallest absolute Gasteiger partial charge is 0.269 e. The van der Waals surface area contributed by atoms with Gasteiger partial charge in [-0.05, 0) is 35.4 Å². The molecule has 0 spiro atoms. The third-order valence-electron chi connectivity index (χ3n) is 2.92. The second-order valence-electron chi connectivity index (χ2n) is 4.76. The fourth-order valence-corrected chi connectivity index (χ4v) is 2.64. The zero-order valence-corrected chi connectivity index (χ0v) is 14.1. The molecule has 0 saturated heterocycles. The third-order valence-corrected chi connectivity index (χ3v) is 4.18. The van der Waals surface area contributed by atoms with Crippen LogP contribution in [0.15, 0.2) is 53.6 Å². The maximum Gasteiger partial charge on any atom is 0.269 e. The Bertz CT molecular complexity index is 733. The largest absolute Gasteiger partial charge is 0.272 e. The Morgan fingerprint density at radius 3 is 2.50 bits per heavy atom. The molecule has 1 N–H and O–H groups in total. The van der Waals surface area contributed by atoms with Gasteiger partial charge in [0.1, 0.15) is 0 Å². The van der Waals surface area contributed by atoms with Gasteiger partial charge in [-0.2, -0.15) is 5.10 Å². The molecule has 0 aliphatic rings. The molecule has 0 heterocycles. The van der Waals surface area contributed by atoms with Crippen LogP contribution in [-0.4, -0.2) is 22.8 Å². The van der Waals surface area contributed by atoms with E-state index in [2.05, 4.69) is 10.5 Å². The molecule has 24 heavy (non-hydrogen) atoms. The molecule has 0 saturated carbocycles. The van der Waals surface area contributed by atoms with Gasteiger partial charge >= 0.3 is 0 Å². The second-order valence-corrected chi connectivity index (χ2v) is 6.18. The Balaban J connectivity index is 1.72. The third kappa shape index (κ3) is 6.02. The number of carbonyl (C=O) groups excluding carboxylic acids is 1. The van der Waals surface area contributed by atoms with Gasteiger partial charge in [-0.3, -0.25) is 14.9 Å². The number of nitro benzene ring substituents is 1. The minimum absolute atomic E-state index is 0.00906. The molecule has 0 unspecified atom stereocenters. The molecule has 0 aromatic heterocycles. The molecule has 1 amide bonds. The van der Waals surface area contributed by atoms with Crippen LogP contribution in [0.4, 0.5) is 5.69 Å². The SMILES string of the molecule is O=C(CSCc1ccc(Cl)cc1)NN=Cc1ccc([N+](=O)[O-])cc1. The fourth-order valence-electron chi connectivity index (χ4n) is 1.74. The quantitative estimate of drug-likeness (QED) is 0.462. The Kier molecular flexibility index (Phi) is 6.77. The number of rotatable bonds is 7. The van der Waals surface area contributed by atoms with Crippen LogP contribution in [0.1, 0.15) is 11.1 Å². The molecule has 2 rings (SSSR count). The molecule has 0 radical (unpaired) electrons. The number of amides is 1. The maximum atomic E-state index is 11.7. The normalized spacial score (nSPS) is 10.7. The Morgan fingerprint density at radius 2 is 1.88 bits per heavy atom. The van der Waals surface area contributed by atoms with Gasteiger partial charge in [-0.25, -0.2) is 5.43 Å². The van der Waals surface area contributed by atoms with E-state index in [1.165, 1.54) is 30.1 Å². The predicted molar refractivity (Wildman–Crippen MR) is 96.4 cm³/mol. The van der Waals surface area contributed by atoms with E-state index in [1.54, 1.807) is 12.1 Å². The first-order chi connectivity index (χ1) is 11.5. The van der Waals surface area contributed by atoms with E-state index >= 15 is 0 Å². The number of hydrogen-bond acceptors (Lipinski definition) is 5. The molecule has 0 fully saturated rings. The van der Waals surface area contributed by atoms with Crippen molar-refractivity contribution in [3.8, 4) is 0 Å². The number of nitro groups is 1. The number of hydrogen-bond donors (Lipinski definition) is 1. The highest BCUT2D eigenvalue weighted by Gasteiger charge is 2.03. The lowest BCUT2D eigenvalue weighted by atomic mass is 10.2. The van der Waals surface area contributed by atoms with E-state index in [1.807, 2.05) is 24.3 Å². The summed E-state index contributed by atoms with van der Waals surface area (Å²) in [5.74, 6) is 0.767. The van der Waals surface area contributed by atoms with Gasteiger partial charge in [0.2, 0.25) is 5.91 Å². The van der Waals surface area contributed by atoms with Crippen molar-refractivity contribution in [1.82, 2.24) is 5.43 Å². The Labute approximate surface area is 148 Å². The van der Waals surface area contributed by atoms with Gasteiger partial charge in [0.05, 0.1) is 16.9 Å². The highest BCUT2D eigenvalue weighted by Crippen LogP contribution is 2.15. The molecule has 124 valence electrons. The van der Waals surface area contributed by atoms with Crippen LogP contribution in [0.2, 0.25) is 5.02 Å². The van der Waals surface area contributed by atoms with Crippen molar-refractivity contribution in [3.05, 3.63) is 74.8 Å². The van der Waals surface area contributed by atoms with Crippen LogP contribution >= 0.6 is 23.4 Å². The van der Waals surface area contributed by atoms with Crippen molar-refractivity contribution in [1.29, 1.82) is 0 Å². The van der Waals surface area contributed by atoms with Gasteiger partial charge in [0, 0.05) is 22.9 Å². The van der Waals surface area contributed by atoms with Gasteiger partial charge in [-0.15, -0.1) is 11.8 Å². The zero-order chi connectivity index (χ0) is 17.4. The van der Waals surface area contributed by atoms with E-state index in [0.717, 1.165) is 5.56 Å². The van der Waals surface area contributed by atoms with Crippen LogP contribution in [0.25, 0.3) is 0 Å². The highest BCUT2D eigenvalue weighted by atomic mass is 35.5. The first-order valence-electron chi connectivity index (χ1n) is 6.93. The summed E-state index contributed by atoms with van der Waals surface area (Å²) >= 11 is 7.28. The number of hydrazone groups is 1. The summed E-state index contributed by atoms with van der Waals surface area (Å²) < 4.78 is 0. The number of thioether (sulfide) groups is 1. The van der Waals surface area contributed by atoms with E-state index in [-0.39, 0.29) is 17.3 Å². The summed E-state index contributed by atoms with van der Waals surface area (Å²) in [5.41, 5.74) is 4.18. The lowest BCUT2D eigenvalue weighted by Crippen LogP contribution is -2.19. The molecule has 0 bridgehead atoms. The molecular weight excluding hydrogens is 350 g/mol. The van der Waals surface area contributed by atoms with Crippen LogP contribution < -0.4 is 5.43 Å².